The van der Waals surface area contributed by atoms with Crippen molar-refractivity contribution in [2.75, 3.05) is 14.2 Å². The van der Waals surface area contributed by atoms with Gasteiger partial charge in [0.15, 0.2) is 0 Å². The number of nitrogens with one attached hydrogen (secondary N) is 2. The van der Waals surface area contributed by atoms with Crippen molar-refractivity contribution < 1.29 is 14.3 Å². The van der Waals surface area contributed by atoms with Gasteiger partial charge in [-0.25, -0.2) is 5.43 Å². The lowest BCUT2D eigenvalue weighted by atomic mass is 10.1. The fourth-order valence-electron chi connectivity index (χ4n) is 4.09. The predicted octanol–water partition coefficient (Wildman–Crippen LogP) is 5.71. The van der Waals surface area contributed by atoms with E-state index in [4.69, 9.17) is 9.47 Å². The molecule has 0 saturated heterocycles. The molecule has 0 unspecified atom stereocenters. The molecule has 5 rings (SSSR count). The minimum absolute atomic E-state index is 0.287. The topological polar surface area (TPSA) is 80.6 Å². The molecule has 0 spiro atoms. The van der Waals surface area contributed by atoms with Crippen LogP contribution in [0.5, 0.6) is 11.5 Å². The summed E-state index contributed by atoms with van der Waals surface area (Å²) in [5.41, 5.74) is 7.11. The molecule has 35 heavy (non-hydrogen) atoms. The van der Waals surface area contributed by atoms with E-state index in [9.17, 15) is 4.79 Å². The van der Waals surface area contributed by atoms with Gasteiger partial charge < -0.3 is 19.0 Å². The summed E-state index contributed by atoms with van der Waals surface area (Å²) < 4.78 is 13.7. The summed E-state index contributed by atoms with van der Waals surface area (Å²) in [7, 11) is 3.30. The molecule has 0 radical (unpaired) electrons. The third-order valence-corrected chi connectivity index (χ3v) is 6.38. The van der Waals surface area contributed by atoms with Crippen LogP contribution in [0.25, 0.3) is 21.8 Å². The lowest BCUT2D eigenvalue weighted by Gasteiger charge is -2.07. The van der Waals surface area contributed by atoms with Gasteiger partial charge in [0.1, 0.15) is 11.5 Å². The summed E-state index contributed by atoms with van der Waals surface area (Å²) >= 11 is 3.46. The molecular formula is C27H23BrN4O3. The Hall–Kier alpha value is -4.04. The van der Waals surface area contributed by atoms with Gasteiger partial charge in [-0.05, 0) is 54.1 Å². The standard InChI is InChI=1S/C27H23BrN4O3/c1-34-20-6-3-17(4-7-20)15-32-16-18(22-12-21(35-2)8-10-26(22)32)13-30-31-27(33)24-14-29-25-9-5-19(28)11-23(24)25/h3-14,16,29H,15H2,1-2H3,(H,31,33)/b30-13-. The number of ether oxygens (including phenoxy) is 2. The third kappa shape index (κ3) is 4.65. The molecule has 2 aromatic heterocycles. The SMILES string of the molecule is COc1ccc(Cn2cc(/C=N\NC(=O)c3c[nH]c4ccc(Br)cc34)c3cc(OC)ccc32)cc1. The number of methoxy groups -OCH3 is 2. The zero-order valence-corrected chi connectivity index (χ0v) is 20.8. The first kappa shape index (κ1) is 22.7. The van der Waals surface area contributed by atoms with Gasteiger partial charge in [0.2, 0.25) is 0 Å². The third-order valence-electron chi connectivity index (χ3n) is 5.89. The maximum absolute atomic E-state index is 12.8. The van der Waals surface area contributed by atoms with Gasteiger partial charge in [0, 0.05) is 50.8 Å². The summed E-state index contributed by atoms with van der Waals surface area (Å²) in [4.78, 5) is 15.9. The molecule has 0 aliphatic rings. The van der Waals surface area contributed by atoms with Gasteiger partial charge >= 0.3 is 0 Å². The normalized spacial score (nSPS) is 11.4. The predicted molar refractivity (Wildman–Crippen MR) is 142 cm³/mol. The summed E-state index contributed by atoms with van der Waals surface area (Å²) in [5, 5.41) is 6.06. The Labute approximate surface area is 210 Å². The number of benzene rings is 3. The van der Waals surface area contributed by atoms with Crippen LogP contribution in [-0.4, -0.2) is 35.9 Å². The molecule has 7 nitrogen and oxygen atoms in total. The second-order valence-corrected chi connectivity index (χ2v) is 8.95. The Morgan fingerprint density at radius 3 is 2.57 bits per heavy atom. The summed E-state index contributed by atoms with van der Waals surface area (Å²) in [6, 6.07) is 19.7. The Bertz CT molecular complexity index is 1550. The number of amides is 1. The number of aromatic amines is 1. The van der Waals surface area contributed by atoms with Crippen LogP contribution in [0.4, 0.5) is 0 Å². The Balaban J connectivity index is 1.42. The van der Waals surface area contributed by atoms with E-state index < -0.39 is 0 Å². The van der Waals surface area contributed by atoms with Crippen molar-refractivity contribution >= 4 is 49.9 Å². The van der Waals surface area contributed by atoms with Crippen molar-refractivity contribution in [1.82, 2.24) is 15.0 Å². The number of nitrogens with zero attached hydrogens (tertiary/aromatic N) is 2. The van der Waals surface area contributed by atoms with E-state index in [0.717, 1.165) is 48.9 Å². The van der Waals surface area contributed by atoms with E-state index in [1.807, 2.05) is 66.9 Å². The van der Waals surface area contributed by atoms with Gasteiger partial charge in [0.05, 0.1) is 26.0 Å². The maximum Gasteiger partial charge on any atom is 0.273 e. The lowest BCUT2D eigenvalue weighted by molar-refractivity contribution is 0.0957. The average Bonchev–Trinajstić information content (AvgIpc) is 3.45. The number of fused-ring (bicyclic) bond motifs is 2. The number of halogens is 1. The minimum atomic E-state index is -0.287. The zero-order chi connectivity index (χ0) is 24.4. The van der Waals surface area contributed by atoms with E-state index in [2.05, 4.69) is 36.0 Å². The van der Waals surface area contributed by atoms with E-state index in [-0.39, 0.29) is 5.91 Å². The molecule has 8 heteroatoms. The molecule has 2 N–H and O–H groups in total. The smallest absolute Gasteiger partial charge is 0.273 e. The van der Waals surface area contributed by atoms with Crippen LogP contribution >= 0.6 is 15.9 Å². The van der Waals surface area contributed by atoms with Crippen LogP contribution in [-0.2, 0) is 6.54 Å². The maximum atomic E-state index is 12.8. The van der Waals surface area contributed by atoms with Crippen molar-refractivity contribution in [3.8, 4) is 11.5 Å². The molecule has 176 valence electrons. The second kappa shape index (κ2) is 9.68. The molecule has 0 atom stereocenters. The van der Waals surface area contributed by atoms with Crippen molar-refractivity contribution in [1.29, 1.82) is 0 Å². The number of aromatic nitrogens is 2. The summed E-state index contributed by atoms with van der Waals surface area (Å²) in [6.45, 7) is 0.678. The van der Waals surface area contributed by atoms with E-state index >= 15 is 0 Å². The molecular weight excluding hydrogens is 508 g/mol. The number of H-pyrrole nitrogens is 1. The Morgan fingerprint density at radius 1 is 1.03 bits per heavy atom. The zero-order valence-electron chi connectivity index (χ0n) is 19.2. The van der Waals surface area contributed by atoms with Crippen molar-refractivity contribution in [2.24, 2.45) is 5.10 Å². The molecule has 0 fully saturated rings. The average molecular weight is 531 g/mol. The largest absolute Gasteiger partial charge is 0.497 e. The van der Waals surface area contributed by atoms with Gasteiger partial charge in [-0.1, -0.05) is 28.1 Å². The first-order chi connectivity index (χ1) is 17.1. The van der Waals surface area contributed by atoms with Crippen LogP contribution < -0.4 is 14.9 Å². The van der Waals surface area contributed by atoms with E-state index in [1.165, 1.54) is 0 Å². The van der Waals surface area contributed by atoms with Crippen LogP contribution in [0, 0.1) is 0 Å². The molecule has 1 amide bonds. The highest BCUT2D eigenvalue weighted by atomic mass is 79.9. The molecule has 5 aromatic rings. The fourth-order valence-corrected chi connectivity index (χ4v) is 4.45. The highest BCUT2D eigenvalue weighted by Gasteiger charge is 2.13. The van der Waals surface area contributed by atoms with Crippen molar-refractivity contribution in [2.45, 2.75) is 6.54 Å². The quantitative estimate of drug-likeness (QED) is 0.209. The van der Waals surface area contributed by atoms with E-state index in [1.54, 1.807) is 26.6 Å². The number of hydrogen-bond acceptors (Lipinski definition) is 4. The molecule has 0 bridgehead atoms. The number of hydrogen-bond donors (Lipinski definition) is 2. The summed E-state index contributed by atoms with van der Waals surface area (Å²) in [5.74, 6) is 1.29. The molecule has 0 aliphatic heterocycles. The molecule has 0 saturated carbocycles. The minimum Gasteiger partial charge on any atom is -0.497 e. The highest BCUT2D eigenvalue weighted by molar-refractivity contribution is 9.10. The number of rotatable bonds is 7. The van der Waals surface area contributed by atoms with Crippen LogP contribution in [0.2, 0.25) is 0 Å². The van der Waals surface area contributed by atoms with Gasteiger partial charge in [0.25, 0.3) is 5.91 Å². The number of carbonyl (C=O) groups is 1. The first-order valence-electron chi connectivity index (χ1n) is 11.0. The monoisotopic (exact) mass is 530 g/mol. The number of hydrazone groups is 1. The van der Waals surface area contributed by atoms with E-state index in [0.29, 0.717) is 12.1 Å². The first-order valence-corrected chi connectivity index (χ1v) is 11.7. The fraction of sp³-hybridized carbons (Fsp3) is 0.111. The van der Waals surface area contributed by atoms with Crippen LogP contribution in [0.3, 0.4) is 0 Å². The lowest BCUT2D eigenvalue weighted by Crippen LogP contribution is -2.17. The van der Waals surface area contributed by atoms with Crippen molar-refractivity contribution in [3.05, 3.63) is 94.2 Å². The second-order valence-electron chi connectivity index (χ2n) is 8.03. The van der Waals surface area contributed by atoms with Gasteiger partial charge in [-0.15, -0.1) is 0 Å². The highest BCUT2D eigenvalue weighted by Crippen LogP contribution is 2.27. The van der Waals surface area contributed by atoms with Crippen molar-refractivity contribution in [3.63, 3.8) is 0 Å². The number of carbonyl (C=O) groups excluding carboxylic acids is 1. The Morgan fingerprint density at radius 2 is 1.80 bits per heavy atom. The Kier molecular flexibility index (Phi) is 6.29. The van der Waals surface area contributed by atoms with Crippen LogP contribution in [0.1, 0.15) is 21.5 Å². The molecule has 3 aromatic carbocycles. The van der Waals surface area contributed by atoms with Gasteiger partial charge in [-0.2, -0.15) is 5.10 Å². The summed E-state index contributed by atoms with van der Waals surface area (Å²) in [6.07, 6.45) is 5.37. The van der Waals surface area contributed by atoms with Crippen LogP contribution in [0.15, 0.2) is 82.6 Å². The molecule has 0 aliphatic carbocycles. The van der Waals surface area contributed by atoms with Gasteiger partial charge in [-0.3, -0.25) is 4.79 Å². The molecule has 2 heterocycles.